The molecule has 1 aliphatic rings. The first-order chi connectivity index (χ1) is 8.08. The van der Waals surface area contributed by atoms with E-state index in [0.717, 1.165) is 19.0 Å². The molecule has 3 heteroatoms. The van der Waals surface area contributed by atoms with Gasteiger partial charge < -0.3 is 10.6 Å². The average molecular weight is 240 g/mol. The van der Waals surface area contributed by atoms with E-state index in [1.807, 2.05) is 6.92 Å². The van der Waals surface area contributed by atoms with Crippen molar-refractivity contribution >= 4 is 5.91 Å². The van der Waals surface area contributed by atoms with E-state index in [4.69, 9.17) is 0 Å². The lowest BCUT2D eigenvalue weighted by Crippen LogP contribution is -2.39. The second-order valence-corrected chi connectivity index (χ2v) is 5.86. The first-order valence-corrected chi connectivity index (χ1v) is 7.05. The molecule has 0 unspecified atom stereocenters. The average Bonchev–Trinajstić information content (AvgIpc) is 2.66. The molecule has 0 atom stereocenters. The van der Waals surface area contributed by atoms with E-state index in [0.29, 0.717) is 12.0 Å². The van der Waals surface area contributed by atoms with Gasteiger partial charge in [0.15, 0.2) is 0 Å². The Balaban J connectivity index is 2.32. The number of carbonyl (C=O) groups is 1. The number of carbonyl (C=O) groups excluding carboxylic acids is 1. The molecule has 1 amide bonds. The normalized spacial score (nSPS) is 18.6. The Labute approximate surface area is 106 Å². The Morgan fingerprint density at radius 1 is 1.29 bits per heavy atom. The molecule has 1 aliphatic carbocycles. The van der Waals surface area contributed by atoms with Gasteiger partial charge in [0.2, 0.25) is 5.91 Å². The van der Waals surface area contributed by atoms with E-state index in [-0.39, 0.29) is 5.91 Å². The number of nitrogens with one attached hydrogen (secondary N) is 2. The van der Waals surface area contributed by atoms with Gasteiger partial charge in [0.25, 0.3) is 0 Å². The maximum absolute atomic E-state index is 11.4. The smallest absolute Gasteiger partial charge is 0.233 e. The van der Waals surface area contributed by atoms with Gasteiger partial charge in [-0.2, -0.15) is 0 Å². The highest BCUT2D eigenvalue weighted by Crippen LogP contribution is 2.42. The van der Waals surface area contributed by atoms with Gasteiger partial charge in [-0.05, 0) is 37.5 Å². The molecule has 0 aromatic carbocycles. The van der Waals surface area contributed by atoms with Gasteiger partial charge in [0.1, 0.15) is 0 Å². The van der Waals surface area contributed by atoms with Crippen LogP contribution in [0, 0.1) is 11.3 Å². The zero-order valence-corrected chi connectivity index (χ0v) is 11.6. The molecule has 0 heterocycles. The summed E-state index contributed by atoms with van der Waals surface area (Å²) in [4.78, 5) is 11.4. The van der Waals surface area contributed by atoms with Crippen molar-refractivity contribution in [1.29, 1.82) is 0 Å². The summed E-state index contributed by atoms with van der Waals surface area (Å²) in [6.45, 7) is 8.73. The van der Waals surface area contributed by atoms with E-state index in [1.54, 1.807) is 0 Å². The summed E-state index contributed by atoms with van der Waals surface area (Å²) < 4.78 is 0. The Hall–Kier alpha value is -0.570. The molecule has 1 fully saturated rings. The number of amides is 1. The third-order valence-electron chi connectivity index (χ3n) is 3.66. The van der Waals surface area contributed by atoms with Gasteiger partial charge in [0, 0.05) is 13.1 Å². The van der Waals surface area contributed by atoms with Crippen molar-refractivity contribution in [2.24, 2.45) is 11.3 Å². The number of likely N-dealkylation sites (N-methyl/N-ethyl adjacent to an activating group) is 1. The zero-order chi connectivity index (χ0) is 12.7. The maximum atomic E-state index is 11.4. The largest absolute Gasteiger partial charge is 0.355 e. The molecular weight excluding hydrogens is 212 g/mol. The lowest BCUT2D eigenvalue weighted by Gasteiger charge is -2.31. The zero-order valence-electron chi connectivity index (χ0n) is 11.6. The summed E-state index contributed by atoms with van der Waals surface area (Å²) in [5.41, 5.74) is 0.459. The van der Waals surface area contributed by atoms with Crippen LogP contribution >= 0.6 is 0 Å². The summed E-state index contributed by atoms with van der Waals surface area (Å²) in [5.74, 6) is 0.865. The molecule has 3 nitrogen and oxygen atoms in total. The molecule has 17 heavy (non-hydrogen) atoms. The molecule has 0 radical (unpaired) electrons. The molecule has 0 aromatic heterocycles. The van der Waals surface area contributed by atoms with Crippen LogP contribution in [0.25, 0.3) is 0 Å². The first-order valence-electron chi connectivity index (χ1n) is 7.05. The minimum absolute atomic E-state index is 0.116. The number of hydrogen-bond acceptors (Lipinski definition) is 2. The number of hydrogen-bond donors (Lipinski definition) is 2. The van der Waals surface area contributed by atoms with Crippen molar-refractivity contribution in [2.45, 2.75) is 52.9 Å². The Morgan fingerprint density at radius 2 is 1.94 bits per heavy atom. The second kappa shape index (κ2) is 7.00. The van der Waals surface area contributed by atoms with Crippen molar-refractivity contribution < 1.29 is 4.79 Å². The van der Waals surface area contributed by atoms with E-state index in [1.165, 1.54) is 32.1 Å². The molecular formula is C14H28N2O. The SMILES string of the molecule is CCNC(=O)CNCC1(CC(C)C)CCCC1. The van der Waals surface area contributed by atoms with Gasteiger partial charge in [-0.25, -0.2) is 0 Å². The van der Waals surface area contributed by atoms with Crippen LogP contribution in [-0.4, -0.2) is 25.5 Å². The van der Waals surface area contributed by atoms with Gasteiger partial charge in [-0.3, -0.25) is 4.79 Å². The lowest BCUT2D eigenvalue weighted by molar-refractivity contribution is -0.120. The van der Waals surface area contributed by atoms with Crippen LogP contribution in [0.15, 0.2) is 0 Å². The maximum Gasteiger partial charge on any atom is 0.233 e. The summed E-state index contributed by atoms with van der Waals surface area (Å²) in [7, 11) is 0. The van der Waals surface area contributed by atoms with Gasteiger partial charge in [-0.1, -0.05) is 26.7 Å². The van der Waals surface area contributed by atoms with E-state index in [2.05, 4.69) is 24.5 Å². The van der Waals surface area contributed by atoms with Crippen molar-refractivity contribution in [3.8, 4) is 0 Å². The third-order valence-corrected chi connectivity index (χ3v) is 3.66. The first kappa shape index (κ1) is 14.5. The topological polar surface area (TPSA) is 41.1 Å². The van der Waals surface area contributed by atoms with Gasteiger partial charge in [0.05, 0.1) is 6.54 Å². The molecule has 2 N–H and O–H groups in total. The van der Waals surface area contributed by atoms with Crippen LogP contribution in [0.5, 0.6) is 0 Å². The van der Waals surface area contributed by atoms with Gasteiger partial charge >= 0.3 is 0 Å². The molecule has 0 bridgehead atoms. The molecule has 1 saturated carbocycles. The molecule has 0 aliphatic heterocycles. The summed E-state index contributed by atoms with van der Waals surface area (Å²) in [6.07, 6.45) is 6.65. The molecule has 0 spiro atoms. The van der Waals surface area contributed by atoms with E-state index in [9.17, 15) is 4.79 Å². The van der Waals surface area contributed by atoms with Crippen LogP contribution < -0.4 is 10.6 Å². The van der Waals surface area contributed by atoms with E-state index >= 15 is 0 Å². The standard InChI is InChI=1S/C14H28N2O/c1-4-16-13(17)10-15-11-14(9-12(2)3)7-5-6-8-14/h12,15H,4-11H2,1-3H3,(H,16,17). The predicted molar refractivity (Wildman–Crippen MR) is 71.9 cm³/mol. The summed E-state index contributed by atoms with van der Waals surface area (Å²) in [5, 5.41) is 6.17. The summed E-state index contributed by atoms with van der Waals surface area (Å²) >= 11 is 0. The fraction of sp³-hybridized carbons (Fsp3) is 0.929. The molecule has 1 rings (SSSR count). The minimum atomic E-state index is 0.116. The van der Waals surface area contributed by atoms with Gasteiger partial charge in [-0.15, -0.1) is 0 Å². The highest BCUT2D eigenvalue weighted by atomic mass is 16.1. The quantitative estimate of drug-likeness (QED) is 0.717. The third kappa shape index (κ3) is 5.07. The highest BCUT2D eigenvalue weighted by Gasteiger charge is 2.33. The number of rotatable bonds is 7. The molecule has 0 aromatic rings. The molecule has 0 saturated heterocycles. The lowest BCUT2D eigenvalue weighted by atomic mass is 9.78. The van der Waals surface area contributed by atoms with Crippen molar-refractivity contribution in [3.63, 3.8) is 0 Å². The summed E-state index contributed by atoms with van der Waals surface area (Å²) in [6, 6.07) is 0. The minimum Gasteiger partial charge on any atom is -0.355 e. The van der Waals surface area contributed by atoms with Crippen LogP contribution in [-0.2, 0) is 4.79 Å². The monoisotopic (exact) mass is 240 g/mol. The molecule has 100 valence electrons. The van der Waals surface area contributed by atoms with Crippen LogP contribution in [0.3, 0.4) is 0 Å². The highest BCUT2D eigenvalue weighted by molar-refractivity contribution is 5.77. The Morgan fingerprint density at radius 3 is 2.47 bits per heavy atom. The van der Waals surface area contributed by atoms with Crippen molar-refractivity contribution in [2.75, 3.05) is 19.6 Å². The van der Waals surface area contributed by atoms with E-state index < -0.39 is 0 Å². The predicted octanol–water partition coefficient (Wildman–Crippen LogP) is 2.32. The van der Waals surface area contributed by atoms with Crippen LogP contribution in [0.1, 0.15) is 52.9 Å². The Bertz CT molecular complexity index is 232. The second-order valence-electron chi connectivity index (χ2n) is 5.86. The van der Waals surface area contributed by atoms with Crippen LogP contribution in [0.2, 0.25) is 0 Å². The van der Waals surface area contributed by atoms with Crippen molar-refractivity contribution in [1.82, 2.24) is 10.6 Å². The van der Waals surface area contributed by atoms with Crippen LogP contribution in [0.4, 0.5) is 0 Å². The fourth-order valence-corrected chi connectivity index (χ4v) is 3.14. The Kier molecular flexibility index (Phi) is 5.96. The fourth-order valence-electron chi connectivity index (χ4n) is 3.14. The van der Waals surface area contributed by atoms with Crippen molar-refractivity contribution in [3.05, 3.63) is 0 Å².